The van der Waals surface area contributed by atoms with Crippen molar-refractivity contribution in [3.05, 3.63) is 46.7 Å². The van der Waals surface area contributed by atoms with Gasteiger partial charge in [-0.15, -0.1) is 17.3 Å². The maximum atomic E-state index is 12.6. The molecule has 0 spiro atoms. The van der Waals surface area contributed by atoms with E-state index >= 15 is 0 Å². The van der Waals surface area contributed by atoms with Crippen molar-refractivity contribution in [3.63, 3.8) is 0 Å². The summed E-state index contributed by atoms with van der Waals surface area (Å²) in [5.74, 6) is 4.72. The van der Waals surface area contributed by atoms with Crippen LogP contribution < -0.4 is 20.3 Å². The molecule has 2 aromatic rings. The van der Waals surface area contributed by atoms with Crippen molar-refractivity contribution in [2.24, 2.45) is 0 Å². The van der Waals surface area contributed by atoms with Crippen LogP contribution in [0.4, 0.5) is 0 Å². The zero-order valence-corrected chi connectivity index (χ0v) is 18.4. The molecular formula is C20H23N3O6S2. The van der Waals surface area contributed by atoms with Gasteiger partial charge in [0, 0.05) is 6.54 Å². The average molecular weight is 466 g/mol. The van der Waals surface area contributed by atoms with Gasteiger partial charge in [0.25, 0.3) is 11.8 Å². The number of hydrogen-bond donors (Lipinski definition) is 4. The summed E-state index contributed by atoms with van der Waals surface area (Å²) in [5.41, 5.74) is 1.46. The number of amides is 2. The summed E-state index contributed by atoms with van der Waals surface area (Å²) in [6.07, 6.45) is 0.371. The molecule has 0 radical (unpaired) electrons. The lowest BCUT2D eigenvalue weighted by Gasteiger charge is -2.17. The lowest BCUT2D eigenvalue weighted by molar-refractivity contribution is -0.131. The molecule has 1 heterocycles. The van der Waals surface area contributed by atoms with Crippen LogP contribution in [0, 0.1) is 11.8 Å². The van der Waals surface area contributed by atoms with Crippen molar-refractivity contribution in [3.8, 4) is 17.6 Å². The second kappa shape index (κ2) is 12.1. The van der Waals surface area contributed by atoms with Crippen molar-refractivity contribution in [2.45, 2.75) is 30.7 Å². The largest absolute Gasteiger partial charge is 0.481 e. The molecule has 0 saturated heterocycles. The molecule has 1 aromatic carbocycles. The Kier molecular flexibility index (Phi) is 9.48. The fourth-order valence-corrected chi connectivity index (χ4v) is 4.36. The molecule has 2 amide bonds. The minimum absolute atomic E-state index is 0.0627. The molecule has 1 aromatic heterocycles. The third kappa shape index (κ3) is 7.69. The number of rotatable bonds is 11. The van der Waals surface area contributed by atoms with E-state index in [0.717, 1.165) is 0 Å². The third-order valence-corrected chi connectivity index (χ3v) is 6.40. The molecule has 2 rings (SSSR count). The molecule has 9 nitrogen and oxygen atoms in total. The quantitative estimate of drug-likeness (QED) is 0.172. The molecule has 31 heavy (non-hydrogen) atoms. The first-order valence-corrected chi connectivity index (χ1v) is 11.6. The minimum Gasteiger partial charge on any atom is -0.481 e. The van der Waals surface area contributed by atoms with Crippen molar-refractivity contribution < 1.29 is 28.0 Å². The van der Waals surface area contributed by atoms with E-state index in [1.807, 2.05) is 0 Å². The number of sulfonamides is 1. The van der Waals surface area contributed by atoms with Gasteiger partial charge in [0.05, 0.1) is 9.77 Å². The first kappa shape index (κ1) is 24.4. The third-order valence-electron chi connectivity index (χ3n) is 4.05. The highest BCUT2D eigenvalue weighted by atomic mass is 32.2. The highest BCUT2D eigenvalue weighted by Gasteiger charge is 2.25. The van der Waals surface area contributed by atoms with Crippen LogP contribution in [0.2, 0.25) is 0 Å². The van der Waals surface area contributed by atoms with Crippen molar-refractivity contribution >= 4 is 33.2 Å². The molecule has 4 N–H and O–H groups in total. The molecule has 0 saturated carbocycles. The van der Waals surface area contributed by atoms with E-state index in [0.29, 0.717) is 17.0 Å². The Balaban J connectivity index is 1.94. The molecular weight excluding hydrogens is 442 g/mol. The number of thiophene rings is 1. The number of hydroxylamine groups is 1. The van der Waals surface area contributed by atoms with E-state index < -0.39 is 22.0 Å². The van der Waals surface area contributed by atoms with E-state index in [4.69, 9.17) is 9.94 Å². The Morgan fingerprint density at radius 3 is 2.58 bits per heavy atom. The molecule has 0 aliphatic carbocycles. The van der Waals surface area contributed by atoms with Crippen molar-refractivity contribution in [1.82, 2.24) is 15.5 Å². The van der Waals surface area contributed by atoms with Gasteiger partial charge in [-0.3, -0.25) is 14.8 Å². The maximum absolute atomic E-state index is 12.6. The number of hydrogen-bond acceptors (Lipinski definition) is 7. The molecule has 166 valence electrons. The van der Waals surface area contributed by atoms with Crippen LogP contribution in [0.25, 0.3) is 0 Å². The lowest BCUT2D eigenvalue weighted by atomic mass is 10.1. The van der Waals surface area contributed by atoms with Gasteiger partial charge < -0.3 is 10.1 Å². The molecule has 0 aliphatic heterocycles. The number of carbonyl (C=O) groups is 2. The number of ether oxygens (including phenoxy) is 1. The topological polar surface area (TPSA) is 134 Å². The lowest BCUT2D eigenvalue weighted by Crippen LogP contribution is -2.46. The van der Waals surface area contributed by atoms with Crippen LogP contribution in [-0.2, 0) is 14.8 Å². The summed E-state index contributed by atoms with van der Waals surface area (Å²) in [7, 11) is -4.04. The van der Waals surface area contributed by atoms with Gasteiger partial charge in [0.1, 0.15) is 18.4 Å². The smallest absolute Gasteiger partial charge is 0.261 e. The van der Waals surface area contributed by atoms with Gasteiger partial charge >= 0.3 is 0 Å². The second-order valence-electron chi connectivity index (χ2n) is 6.21. The Morgan fingerprint density at radius 1 is 1.23 bits per heavy atom. The first-order chi connectivity index (χ1) is 14.9. The van der Waals surface area contributed by atoms with Crippen LogP contribution in [0.5, 0.6) is 5.75 Å². The SMILES string of the molecule is CC#CCOc1ccc(S(=O)(=O)N[C@H](CCCNC(=O)c2cccs2)C(=O)NO)cc1. The minimum atomic E-state index is -4.04. The molecule has 0 fully saturated rings. The molecule has 1 atom stereocenters. The van der Waals surface area contributed by atoms with Crippen LogP contribution in [0.3, 0.4) is 0 Å². The summed E-state index contributed by atoms with van der Waals surface area (Å²) >= 11 is 1.30. The summed E-state index contributed by atoms with van der Waals surface area (Å²) in [4.78, 5) is 24.3. The van der Waals surface area contributed by atoms with Crippen molar-refractivity contribution in [1.29, 1.82) is 0 Å². The highest BCUT2D eigenvalue weighted by Crippen LogP contribution is 2.17. The van der Waals surface area contributed by atoms with Gasteiger partial charge in [-0.2, -0.15) is 4.72 Å². The predicted octanol–water partition coefficient (Wildman–Crippen LogP) is 1.51. The normalized spacial score (nSPS) is 11.7. The van der Waals surface area contributed by atoms with Crippen LogP contribution in [0.15, 0.2) is 46.7 Å². The molecule has 0 aliphatic rings. The Labute approximate surface area is 184 Å². The second-order valence-corrected chi connectivity index (χ2v) is 8.87. The standard InChI is InChI=1S/C20H23N3O6S2/c1-2-3-13-29-15-8-10-16(11-9-15)31(27,28)23-17(19(24)22-26)6-4-12-21-20(25)18-7-5-14-30-18/h5,7-11,14,17,23,26H,4,6,12-13H2,1H3,(H,21,25)(H,22,24)/t17-/m1/s1. The van der Waals surface area contributed by atoms with Crippen LogP contribution in [0.1, 0.15) is 29.4 Å². The average Bonchev–Trinajstić information content (AvgIpc) is 3.31. The Hall–Kier alpha value is -2.91. The fraction of sp³-hybridized carbons (Fsp3) is 0.300. The zero-order chi connectivity index (χ0) is 22.7. The fourth-order valence-electron chi connectivity index (χ4n) is 2.49. The van der Waals surface area contributed by atoms with Gasteiger partial charge in [0.2, 0.25) is 10.0 Å². The predicted molar refractivity (Wildman–Crippen MR) is 115 cm³/mol. The summed E-state index contributed by atoms with van der Waals surface area (Å²) in [6.45, 7) is 2.10. The van der Waals surface area contributed by atoms with Gasteiger partial charge in [-0.25, -0.2) is 13.9 Å². The van der Waals surface area contributed by atoms with Crippen molar-refractivity contribution in [2.75, 3.05) is 13.2 Å². The molecule has 0 bridgehead atoms. The summed E-state index contributed by atoms with van der Waals surface area (Å²) in [6, 6.07) is 7.86. The number of carbonyl (C=O) groups excluding carboxylic acids is 2. The van der Waals surface area contributed by atoms with Crippen LogP contribution >= 0.6 is 11.3 Å². The highest BCUT2D eigenvalue weighted by molar-refractivity contribution is 7.89. The monoisotopic (exact) mass is 465 g/mol. The Morgan fingerprint density at radius 2 is 1.97 bits per heavy atom. The van der Waals surface area contributed by atoms with Gasteiger partial charge in [0.15, 0.2) is 0 Å². The molecule has 11 heteroatoms. The van der Waals surface area contributed by atoms with E-state index in [-0.39, 0.29) is 30.4 Å². The first-order valence-electron chi connectivity index (χ1n) is 9.28. The summed E-state index contributed by atoms with van der Waals surface area (Å²) < 4.78 is 32.9. The van der Waals surface area contributed by atoms with Gasteiger partial charge in [-0.1, -0.05) is 12.0 Å². The molecule has 0 unspecified atom stereocenters. The number of benzene rings is 1. The number of nitrogens with one attached hydrogen (secondary N) is 3. The Bertz CT molecular complexity index is 1030. The van der Waals surface area contributed by atoms with Crippen LogP contribution in [-0.4, -0.2) is 44.6 Å². The van der Waals surface area contributed by atoms with E-state index in [2.05, 4.69) is 21.9 Å². The maximum Gasteiger partial charge on any atom is 0.261 e. The zero-order valence-electron chi connectivity index (χ0n) is 16.8. The van der Waals surface area contributed by atoms with E-state index in [1.165, 1.54) is 41.1 Å². The summed E-state index contributed by atoms with van der Waals surface area (Å²) in [5, 5.41) is 13.4. The van der Waals surface area contributed by atoms with E-state index in [1.54, 1.807) is 24.4 Å². The van der Waals surface area contributed by atoms with E-state index in [9.17, 15) is 18.0 Å². The van der Waals surface area contributed by atoms with Gasteiger partial charge in [-0.05, 0) is 55.5 Å².